The van der Waals surface area contributed by atoms with Crippen LogP contribution < -0.4 is 4.74 Å². The van der Waals surface area contributed by atoms with Gasteiger partial charge in [-0.05, 0) is 71.1 Å². The summed E-state index contributed by atoms with van der Waals surface area (Å²) in [5, 5.41) is 10.5. The maximum absolute atomic E-state index is 10.5. The highest BCUT2D eigenvalue weighted by Crippen LogP contribution is 2.57. The molecule has 1 saturated carbocycles. The maximum atomic E-state index is 10.5. The zero-order valence-electron chi connectivity index (χ0n) is 15.6. The monoisotopic (exact) mass is 316 g/mol. The summed E-state index contributed by atoms with van der Waals surface area (Å²) in [6.45, 7) is 11.4. The van der Waals surface area contributed by atoms with E-state index >= 15 is 0 Å². The van der Waals surface area contributed by atoms with Crippen molar-refractivity contribution in [1.29, 1.82) is 0 Å². The van der Waals surface area contributed by atoms with Crippen molar-refractivity contribution in [3.63, 3.8) is 0 Å². The Hall–Kier alpha value is -1.02. The smallest absolute Gasteiger partial charge is 0.122 e. The summed E-state index contributed by atoms with van der Waals surface area (Å²) in [7, 11) is 1.78. The molecule has 0 heterocycles. The number of rotatable bonds is 2. The lowest BCUT2D eigenvalue weighted by Crippen LogP contribution is -2.53. The fourth-order valence-corrected chi connectivity index (χ4v) is 5.36. The van der Waals surface area contributed by atoms with Crippen LogP contribution in [0.1, 0.15) is 76.5 Å². The number of hydrogen-bond acceptors (Lipinski definition) is 2. The van der Waals surface area contributed by atoms with Gasteiger partial charge in [0.05, 0.1) is 13.2 Å². The molecule has 2 nitrogen and oxygen atoms in total. The van der Waals surface area contributed by atoms with E-state index in [1.807, 2.05) is 0 Å². The third-order valence-corrected chi connectivity index (χ3v) is 6.86. The van der Waals surface area contributed by atoms with E-state index < -0.39 is 0 Å². The van der Waals surface area contributed by atoms with Crippen LogP contribution in [-0.2, 0) is 11.8 Å². The number of aliphatic hydroxyl groups excluding tert-OH is 1. The number of ether oxygens (including phenoxy) is 1. The highest BCUT2D eigenvalue weighted by Gasteiger charge is 2.53. The molecule has 0 saturated heterocycles. The Labute approximate surface area is 141 Å². The molecule has 0 amide bonds. The first-order chi connectivity index (χ1) is 10.7. The minimum atomic E-state index is -0.182. The number of aliphatic hydroxyl groups is 1. The molecule has 3 rings (SSSR count). The predicted octanol–water partition coefficient (Wildman–Crippen LogP) is 4.82. The van der Waals surface area contributed by atoms with Gasteiger partial charge < -0.3 is 9.84 Å². The van der Waals surface area contributed by atoms with Gasteiger partial charge in [-0.3, -0.25) is 0 Å². The van der Waals surface area contributed by atoms with E-state index in [9.17, 15) is 5.11 Å². The van der Waals surface area contributed by atoms with Gasteiger partial charge in [0, 0.05) is 0 Å². The van der Waals surface area contributed by atoms with Crippen LogP contribution in [0.5, 0.6) is 5.75 Å². The first-order valence-corrected chi connectivity index (χ1v) is 9.11. The van der Waals surface area contributed by atoms with Crippen molar-refractivity contribution in [2.45, 2.75) is 77.7 Å². The molecule has 2 aliphatic carbocycles. The quantitative estimate of drug-likeness (QED) is 0.847. The van der Waals surface area contributed by atoms with Crippen LogP contribution in [0.15, 0.2) is 12.1 Å². The SMILES string of the molecule is COc1cc2c(cc1C(C)C)CC[C@H]1C(C)(C)C(O)CC[C@]21C. The normalized spacial score (nSPS) is 32.3. The average Bonchev–Trinajstić information content (AvgIpc) is 2.50. The van der Waals surface area contributed by atoms with Crippen molar-refractivity contribution < 1.29 is 9.84 Å². The first kappa shape index (κ1) is 16.8. The molecule has 1 fully saturated rings. The lowest BCUT2D eigenvalue weighted by atomic mass is 9.49. The van der Waals surface area contributed by atoms with Gasteiger partial charge in [-0.2, -0.15) is 0 Å². The van der Waals surface area contributed by atoms with Crippen LogP contribution >= 0.6 is 0 Å². The molecule has 0 aromatic heterocycles. The molecule has 0 aliphatic heterocycles. The minimum Gasteiger partial charge on any atom is -0.496 e. The molecule has 128 valence electrons. The molecule has 2 heteroatoms. The van der Waals surface area contributed by atoms with Crippen LogP contribution in [0.25, 0.3) is 0 Å². The van der Waals surface area contributed by atoms with E-state index in [1.54, 1.807) is 7.11 Å². The third-order valence-electron chi connectivity index (χ3n) is 6.86. The number of methoxy groups -OCH3 is 1. The van der Waals surface area contributed by atoms with Crippen molar-refractivity contribution in [3.05, 3.63) is 28.8 Å². The van der Waals surface area contributed by atoms with E-state index in [0.717, 1.165) is 25.0 Å². The van der Waals surface area contributed by atoms with Gasteiger partial charge in [0.25, 0.3) is 0 Å². The topological polar surface area (TPSA) is 29.5 Å². The standard InChI is InChI=1S/C21H32O2/c1-13(2)15-11-14-7-8-18-20(3,4)19(22)9-10-21(18,5)16(14)12-17(15)23-6/h11-13,18-19,22H,7-10H2,1-6H3/t18-,19?,21+/m0/s1. The van der Waals surface area contributed by atoms with Crippen molar-refractivity contribution in [3.8, 4) is 5.75 Å². The Balaban J connectivity index is 2.13. The Bertz CT molecular complexity index is 602. The Morgan fingerprint density at radius 1 is 1.17 bits per heavy atom. The van der Waals surface area contributed by atoms with Gasteiger partial charge >= 0.3 is 0 Å². The minimum absolute atomic E-state index is 0.0192. The molecule has 3 atom stereocenters. The fraction of sp³-hybridized carbons (Fsp3) is 0.714. The van der Waals surface area contributed by atoms with E-state index in [1.165, 1.54) is 23.1 Å². The Morgan fingerprint density at radius 3 is 2.48 bits per heavy atom. The summed E-state index contributed by atoms with van der Waals surface area (Å²) in [6.07, 6.45) is 4.08. The molecular weight excluding hydrogens is 284 g/mol. The second-order valence-corrected chi connectivity index (χ2v) is 8.79. The van der Waals surface area contributed by atoms with Gasteiger partial charge in [0.15, 0.2) is 0 Å². The summed E-state index contributed by atoms with van der Waals surface area (Å²) in [5.74, 6) is 2.04. The van der Waals surface area contributed by atoms with Crippen molar-refractivity contribution in [2.24, 2.45) is 11.3 Å². The second-order valence-electron chi connectivity index (χ2n) is 8.79. The summed E-state index contributed by atoms with van der Waals surface area (Å²) < 4.78 is 5.72. The summed E-state index contributed by atoms with van der Waals surface area (Å²) in [5.41, 5.74) is 4.42. The van der Waals surface area contributed by atoms with Crippen LogP contribution in [-0.4, -0.2) is 18.3 Å². The molecule has 0 radical (unpaired) electrons. The van der Waals surface area contributed by atoms with E-state index in [2.05, 4.69) is 46.8 Å². The third kappa shape index (κ3) is 2.41. The van der Waals surface area contributed by atoms with Gasteiger partial charge in [-0.1, -0.05) is 40.7 Å². The zero-order valence-corrected chi connectivity index (χ0v) is 15.6. The predicted molar refractivity (Wildman–Crippen MR) is 95.3 cm³/mol. The van der Waals surface area contributed by atoms with Crippen LogP contribution in [0, 0.1) is 11.3 Å². The first-order valence-electron chi connectivity index (χ1n) is 9.11. The zero-order chi connectivity index (χ0) is 17.0. The van der Waals surface area contributed by atoms with Crippen molar-refractivity contribution in [1.82, 2.24) is 0 Å². The fourth-order valence-electron chi connectivity index (χ4n) is 5.36. The molecule has 1 aromatic carbocycles. The van der Waals surface area contributed by atoms with Crippen molar-refractivity contribution >= 4 is 0 Å². The molecule has 23 heavy (non-hydrogen) atoms. The van der Waals surface area contributed by atoms with E-state index in [-0.39, 0.29) is 16.9 Å². The number of aryl methyl sites for hydroxylation is 1. The number of benzene rings is 1. The van der Waals surface area contributed by atoms with Gasteiger partial charge in [-0.25, -0.2) is 0 Å². The molecule has 1 unspecified atom stereocenters. The van der Waals surface area contributed by atoms with Crippen molar-refractivity contribution in [2.75, 3.05) is 7.11 Å². The Morgan fingerprint density at radius 2 is 1.87 bits per heavy atom. The number of hydrogen-bond donors (Lipinski definition) is 1. The largest absolute Gasteiger partial charge is 0.496 e. The van der Waals surface area contributed by atoms with Crippen LogP contribution in [0.3, 0.4) is 0 Å². The average molecular weight is 316 g/mol. The van der Waals surface area contributed by atoms with Crippen LogP contribution in [0.4, 0.5) is 0 Å². The highest BCUT2D eigenvalue weighted by molar-refractivity contribution is 5.49. The van der Waals surface area contributed by atoms with Gasteiger partial charge in [0.2, 0.25) is 0 Å². The lowest BCUT2D eigenvalue weighted by Gasteiger charge is -2.56. The van der Waals surface area contributed by atoms with E-state index in [0.29, 0.717) is 11.8 Å². The molecule has 1 N–H and O–H groups in total. The summed E-state index contributed by atoms with van der Waals surface area (Å²) in [4.78, 5) is 0. The van der Waals surface area contributed by atoms with Crippen LogP contribution in [0.2, 0.25) is 0 Å². The Kier molecular flexibility index (Phi) is 4.03. The molecular formula is C21H32O2. The van der Waals surface area contributed by atoms with Gasteiger partial charge in [-0.15, -0.1) is 0 Å². The maximum Gasteiger partial charge on any atom is 0.122 e. The lowest BCUT2D eigenvalue weighted by molar-refractivity contribution is -0.0731. The van der Waals surface area contributed by atoms with Gasteiger partial charge in [0.1, 0.15) is 5.75 Å². The molecule has 1 aromatic rings. The second kappa shape index (κ2) is 5.51. The molecule has 2 aliphatic rings. The summed E-state index contributed by atoms with van der Waals surface area (Å²) >= 11 is 0. The summed E-state index contributed by atoms with van der Waals surface area (Å²) in [6, 6.07) is 4.70. The van der Waals surface area contributed by atoms with E-state index in [4.69, 9.17) is 4.74 Å². The number of fused-ring (bicyclic) bond motifs is 3. The molecule has 0 spiro atoms. The molecule has 0 bridgehead atoms. The highest BCUT2D eigenvalue weighted by atomic mass is 16.5.